The molecule has 1 aliphatic rings. The summed E-state index contributed by atoms with van der Waals surface area (Å²) in [4.78, 5) is 30.7. The van der Waals surface area contributed by atoms with Crippen LogP contribution in [0.2, 0.25) is 0 Å². The molecule has 0 radical (unpaired) electrons. The number of hydrogen-bond acceptors (Lipinski definition) is 7. The molecule has 3 rings (SSSR count). The van der Waals surface area contributed by atoms with Crippen molar-refractivity contribution in [2.45, 2.75) is 12.6 Å². The van der Waals surface area contributed by atoms with Gasteiger partial charge in [0.15, 0.2) is 0 Å². The molecule has 2 amide bonds. The van der Waals surface area contributed by atoms with Gasteiger partial charge < -0.3 is 19.9 Å². The van der Waals surface area contributed by atoms with Gasteiger partial charge in [-0.1, -0.05) is 5.16 Å². The molecule has 1 saturated heterocycles. The molecule has 0 spiro atoms. The zero-order valence-corrected chi connectivity index (χ0v) is 10.8. The minimum atomic E-state index is -0.696. The van der Waals surface area contributed by atoms with Crippen LogP contribution >= 0.6 is 0 Å². The number of cyclic esters (lactones) is 1. The molecule has 1 fully saturated rings. The quantitative estimate of drug-likeness (QED) is 0.803. The summed E-state index contributed by atoms with van der Waals surface area (Å²) in [5.41, 5.74) is 0.718. The molecule has 2 aromatic rings. The van der Waals surface area contributed by atoms with Crippen LogP contribution < -0.4 is 10.6 Å². The van der Waals surface area contributed by atoms with Gasteiger partial charge in [-0.15, -0.1) is 0 Å². The number of carbonyl (C=O) groups excluding carboxylic acids is 2. The molecule has 2 N–H and O–H groups in total. The van der Waals surface area contributed by atoms with Crippen LogP contribution in [0.5, 0.6) is 0 Å². The van der Waals surface area contributed by atoms with Gasteiger partial charge >= 0.3 is 6.09 Å². The number of ether oxygens (including phenoxy) is 1. The summed E-state index contributed by atoms with van der Waals surface area (Å²) in [6.07, 6.45) is 2.65. The van der Waals surface area contributed by atoms with Crippen LogP contribution in [0.1, 0.15) is 5.89 Å². The van der Waals surface area contributed by atoms with E-state index in [4.69, 9.17) is 4.52 Å². The van der Waals surface area contributed by atoms with E-state index in [1.807, 2.05) is 0 Å². The van der Waals surface area contributed by atoms with Gasteiger partial charge in [-0.05, 0) is 12.1 Å². The molecule has 2 aromatic heterocycles. The largest absolute Gasteiger partial charge is 0.447 e. The number of alkyl carbamates (subject to hydrolysis) is 1. The van der Waals surface area contributed by atoms with E-state index in [0.29, 0.717) is 5.82 Å². The second kappa shape index (κ2) is 5.57. The highest BCUT2D eigenvalue weighted by atomic mass is 16.6. The van der Waals surface area contributed by atoms with Crippen LogP contribution in [-0.4, -0.2) is 39.8 Å². The Kier molecular flexibility index (Phi) is 3.46. The van der Waals surface area contributed by atoms with Gasteiger partial charge in [0.25, 0.3) is 0 Å². The minimum Gasteiger partial charge on any atom is -0.447 e. The highest BCUT2D eigenvalue weighted by Crippen LogP contribution is 2.13. The Morgan fingerprint density at radius 3 is 3.14 bits per heavy atom. The van der Waals surface area contributed by atoms with Gasteiger partial charge in [0, 0.05) is 18.0 Å². The maximum absolute atomic E-state index is 11.7. The third kappa shape index (κ3) is 2.96. The number of pyridine rings is 1. The van der Waals surface area contributed by atoms with E-state index in [0.717, 1.165) is 5.56 Å². The fourth-order valence-electron chi connectivity index (χ4n) is 1.75. The highest BCUT2D eigenvalue weighted by Gasteiger charge is 2.28. The number of amides is 2. The lowest BCUT2D eigenvalue weighted by Crippen LogP contribution is -2.42. The highest BCUT2D eigenvalue weighted by molar-refractivity contribution is 5.87. The molecule has 108 valence electrons. The van der Waals surface area contributed by atoms with Crippen LogP contribution in [0.4, 0.5) is 4.79 Å². The van der Waals surface area contributed by atoms with Crippen molar-refractivity contribution in [2.24, 2.45) is 0 Å². The molecule has 3 heterocycles. The summed E-state index contributed by atoms with van der Waals surface area (Å²) in [6.45, 7) is 0.0773. The van der Waals surface area contributed by atoms with Crippen molar-refractivity contribution in [3.8, 4) is 11.4 Å². The van der Waals surface area contributed by atoms with Gasteiger partial charge in [-0.2, -0.15) is 4.98 Å². The van der Waals surface area contributed by atoms with E-state index in [-0.39, 0.29) is 24.9 Å². The summed E-state index contributed by atoms with van der Waals surface area (Å²) in [5, 5.41) is 8.76. The maximum Gasteiger partial charge on any atom is 0.407 e. The second-order valence-electron chi connectivity index (χ2n) is 4.27. The van der Waals surface area contributed by atoms with Crippen molar-refractivity contribution in [3.63, 3.8) is 0 Å². The average molecular weight is 289 g/mol. The first kappa shape index (κ1) is 13.0. The Balaban J connectivity index is 1.58. The maximum atomic E-state index is 11.7. The lowest BCUT2D eigenvalue weighted by atomic mass is 10.3. The smallest absolute Gasteiger partial charge is 0.407 e. The molecule has 0 saturated carbocycles. The Bertz CT molecular complexity index is 657. The zero-order valence-electron chi connectivity index (χ0n) is 10.8. The number of carbonyl (C=O) groups is 2. The minimum absolute atomic E-state index is 0.00936. The third-order valence-corrected chi connectivity index (χ3v) is 2.79. The van der Waals surface area contributed by atoms with E-state index in [1.54, 1.807) is 24.5 Å². The van der Waals surface area contributed by atoms with Gasteiger partial charge in [0.1, 0.15) is 12.6 Å². The monoisotopic (exact) mass is 289 g/mol. The molecular formula is C12H11N5O4. The predicted octanol–water partition coefficient (Wildman–Crippen LogP) is -0.144. The van der Waals surface area contributed by atoms with Crippen molar-refractivity contribution >= 4 is 12.0 Å². The molecule has 1 aliphatic heterocycles. The van der Waals surface area contributed by atoms with Crippen molar-refractivity contribution in [1.82, 2.24) is 25.8 Å². The SMILES string of the molecule is O=C1N[C@H](C(=O)NCc2nc(-c3cccnc3)no2)CO1. The van der Waals surface area contributed by atoms with E-state index in [2.05, 4.69) is 30.5 Å². The molecule has 9 heteroatoms. The summed E-state index contributed by atoms with van der Waals surface area (Å²) >= 11 is 0. The van der Waals surface area contributed by atoms with Crippen LogP contribution in [0, 0.1) is 0 Å². The third-order valence-electron chi connectivity index (χ3n) is 2.79. The van der Waals surface area contributed by atoms with Crippen molar-refractivity contribution in [1.29, 1.82) is 0 Å². The number of hydrogen-bond donors (Lipinski definition) is 2. The summed E-state index contributed by atoms with van der Waals surface area (Å²) in [5.74, 6) is 0.277. The first-order chi connectivity index (χ1) is 10.2. The molecule has 0 aromatic carbocycles. The molecule has 1 atom stereocenters. The molecular weight excluding hydrogens is 278 g/mol. The van der Waals surface area contributed by atoms with Crippen LogP contribution in [0.3, 0.4) is 0 Å². The average Bonchev–Trinajstić information content (AvgIpc) is 3.15. The summed E-state index contributed by atoms with van der Waals surface area (Å²) < 4.78 is 9.66. The van der Waals surface area contributed by atoms with Gasteiger partial charge in [0.05, 0.1) is 6.54 Å². The van der Waals surface area contributed by atoms with Gasteiger partial charge in [-0.3, -0.25) is 9.78 Å². The van der Waals surface area contributed by atoms with Crippen LogP contribution in [0.25, 0.3) is 11.4 Å². The molecule has 21 heavy (non-hydrogen) atoms. The predicted molar refractivity (Wildman–Crippen MR) is 67.6 cm³/mol. The lowest BCUT2D eigenvalue weighted by molar-refractivity contribution is -0.123. The fraction of sp³-hybridized carbons (Fsp3) is 0.250. The Morgan fingerprint density at radius 1 is 1.52 bits per heavy atom. The molecule has 9 nitrogen and oxygen atoms in total. The molecule has 0 unspecified atom stereocenters. The number of nitrogens with one attached hydrogen (secondary N) is 2. The van der Waals surface area contributed by atoms with Gasteiger partial charge in [-0.25, -0.2) is 4.79 Å². The van der Waals surface area contributed by atoms with E-state index < -0.39 is 12.1 Å². The van der Waals surface area contributed by atoms with Gasteiger partial charge in [0.2, 0.25) is 17.6 Å². The Labute approximate surface area is 118 Å². The zero-order chi connectivity index (χ0) is 14.7. The van der Waals surface area contributed by atoms with Crippen molar-refractivity contribution < 1.29 is 18.8 Å². The fourth-order valence-corrected chi connectivity index (χ4v) is 1.75. The first-order valence-electron chi connectivity index (χ1n) is 6.16. The number of aromatic nitrogens is 3. The normalized spacial score (nSPS) is 17.1. The van der Waals surface area contributed by atoms with Crippen molar-refractivity contribution in [3.05, 3.63) is 30.4 Å². The Morgan fingerprint density at radius 2 is 2.43 bits per heavy atom. The second-order valence-corrected chi connectivity index (χ2v) is 4.27. The summed E-state index contributed by atoms with van der Waals surface area (Å²) in [6, 6.07) is 2.86. The number of nitrogens with zero attached hydrogens (tertiary/aromatic N) is 3. The summed E-state index contributed by atoms with van der Waals surface area (Å²) in [7, 11) is 0. The van der Waals surface area contributed by atoms with Crippen LogP contribution in [0.15, 0.2) is 29.0 Å². The first-order valence-corrected chi connectivity index (χ1v) is 6.16. The molecule has 0 aliphatic carbocycles. The Hall–Kier alpha value is -2.97. The number of rotatable bonds is 4. The van der Waals surface area contributed by atoms with Crippen molar-refractivity contribution in [2.75, 3.05) is 6.61 Å². The molecule has 0 bridgehead atoms. The lowest BCUT2D eigenvalue weighted by Gasteiger charge is -2.06. The van der Waals surface area contributed by atoms with E-state index >= 15 is 0 Å². The standard InChI is InChI=1S/C12H11N5O4/c18-11(8-6-20-12(19)15-8)14-5-9-16-10(17-21-9)7-2-1-3-13-4-7/h1-4,8H,5-6H2,(H,14,18)(H,15,19)/t8-/m0/s1. The van der Waals surface area contributed by atoms with E-state index in [1.165, 1.54) is 0 Å². The van der Waals surface area contributed by atoms with E-state index in [9.17, 15) is 9.59 Å². The van der Waals surface area contributed by atoms with Crippen LogP contribution in [-0.2, 0) is 16.1 Å². The topological polar surface area (TPSA) is 119 Å².